The highest BCUT2D eigenvalue weighted by Crippen LogP contribution is 2.20. The van der Waals surface area contributed by atoms with Gasteiger partial charge in [-0.3, -0.25) is 9.69 Å². The molecule has 0 fully saturated rings. The lowest BCUT2D eigenvalue weighted by Gasteiger charge is -2.19. The first kappa shape index (κ1) is 12.4. The molecule has 1 N–H and O–H groups in total. The van der Waals surface area contributed by atoms with Crippen molar-refractivity contribution in [1.29, 1.82) is 0 Å². The second-order valence-corrected chi connectivity index (χ2v) is 4.55. The average Bonchev–Trinajstić information content (AvgIpc) is 2.67. The van der Waals surface area contributed by atoms with Crippen molar-refractivity contribution in [2.24, 2.45) is 0 Å². The van der Waals surface area contributed by atoms with Crippen LogP contribution in [0.1, 0.15) is 23.7 Å². The van der Waals surface area contributed by atoms with Crippen molar-refractivity contribution in [2.75, 3.05) is 4.90 Å². The number of aromatic nitrogens is 1. The fourth-order valence-electron chi connectivity index (χ4n) is 1.92. The fourth-order valence-corrected chi connectivity index (χ4v) is 1.92. The number of nitrogens with one attached hydrogen (secondary N) is 1. The van der Waals surface area contributed by atoms with Gasteiger partial charge in [0.05, 0.1) is 6.54 Å². The first-order valence-electron chi connectivity index (χ1n) is 6.06. The Labute approximate surface area is 107 Å². The number of H-pyrrole nitrogens is 1. The number of rotatable bonds is 3. The van der Waals surface area contributed by atoms with Gasteiger partial charge in [0.1, 0.15) is 5.82 Å². The van der Waals surface area contributed by atoms with Crippen LogP contribution in [-0.2, 0) is 11.3 Å². The van der Waals surface area contributed by atoms with Crippen LogP contribution in [0.3, 0.4) is 0 Å². The monoisotopic (exact) mass is 242 g/mol. The summed E-state index contributed by atoms with van der Waals surface area (Å²) in [6.45, 7) is 6.24. The zero-order valence-electron chi connectivity index (χ0n) is 11.0. The maximum atomic E-state index is 11.8. The third kappa shape index (κ3) is 2.62. The van der Waals surface area contributed by atoms with Crippen LogP contribution in [0, 0.1) is 13.8 Å². The molecule has 1 aromatic carbocycles. The minimum atomic E-state index is 0.0418. The second kappa shape index (κ2) is 5.08. The Morgan fingerprint density at radius 1 is 1.22 bits per heavy atom. The summed E-state index contributed by atoms with van der Waals surface area (Å²) in [5.74, 6) is 0.904. The number of aryl methyl sites for hydroxylation is 2. The minimum absolute atomic E-state index is 0.0418. The molecule has 1 aromatic heterocycles. The Bertz CT molecular complexity index is 523. The number of amides is 1. The zero-order chi connectivity index (χ0) is 13.1. The lowest BCUT2D eigenvalue weighted by molar-refractivity contribution is -0.116. The van der Waals surface area contributed by atoms with E-state index < -0.39 is 0 Å². The molecule has 1 heterocycles. The molecular weight excluding hydrogens is 224 g/mol. The van der Waals surface area contributed by atoms with Gasteiger partial charge >= 0.3 is 0 Å². The smallest absolute Gasteiger partial charge is 0.225 e. The summed E-state index contributed by atoms with van der Waals surface area (Å²) in [6, 6.07) is 12.0. The van der Waals surface area contributed by atoms with Crippen molar-refractivity contribution in [2.45, 2.75) is 27.3 Å². The van der Waals surface area contributed by atoms with Crippen LogP contribution in [0.5, 0.6) is 0 Å². The van der Waals surface area contributed by atoms with E-state index in [1.54, 1.807) is 11.8 Å². The number of anilines is 1. The van der Waals surface area contributed by atoms with E-state index in [1.807, 2.05) is 50.2 Å². The van der Waals surface area contributed by atoms with Gasteiger partial charge in [-0.2, -0.15) is 0 Å². The lowest BCUT2D eigenvalue weighted by atomic mass is 10.2. The van der Waals surface area contributed by atoms with Gasteiger partial charge in [0.15, 0.2) is 0 Å². The van der Waals surface area contributed by atoms with Gasteiger partial charge in [-0.15, -0.1) is 0 Å². The maximum absolute atomic E-state index is 11.8. The Balaban J connectivity index is 2.27. The van der Waals surface area contributed by atoms with Crippen LogP contribution in [0.2, 0.25) is 0 Å². The highest BCUT2D eigenvalue weighted by Gasteiger charge is 2.14. The van der Waals surface area contributed by atoms with Gasteiger partial charge in [0.25, 0.3) is 0 Å². The van der Waals surface area contributed by atoms with E-state index in [1.165, 1.54) is 5.56 Å². The summed E-state index contributed by atoms with van der Waals surface area (Å²) in [7, 11) is 0. The first-order chi connectivity index (χ1) is 8.58. The van der Waals surface area contributed by atoms with Crippen LogP contribution in [0.4, 0.5) is 5.82 Å². The topological polar surface area (TPSA) is 36.1 Å². The standard InChI is InChI=1S/C15H18N2O/c1-11-9-15(16-12(11)2)17(13(3)18)10-14-7-5-4-6-8-14/h4-9,16H,10H2,1-3H3. The number of carbonyl (C=O) groups excluding carboxylic acids is 1. The third-order valence-electron chi connectivity index (χ3n) is 3.11. The summed E-state index contributed by atoms with van der Waals surface area (Å²) in [5.41, 5.74) is 3.39. The molecule has 3 nitrogen and oxygen atoms in total. The van der Waals surface area contributed by atoms with Gasteiger partial charge in [-0.25, -0.2) is 0 Å². The van der Waals surface area contributed by atoms with Gasteiger partial charge in [0, 0.05) is 12.6 Å². The highest BCUT2D eigenvalue weighted by molar-refractivity contribution is 5.90. The molecule has 2 rings (SSSR count). The number of nitrogens with zero attached hydrogens (tertiary/aromatic N) is 1. The zero-order valence-corrected chi connectivity index (χ0v) is 11.0. The Morgan fingerprint density at radius 2 is 1.89 bits per heavy atom. The van der Waals surface area contributed by atoms with Crippen molar-refractivity contribution in [3.8, 4) is 0 Å². The largest absolute Gasteiger partial charge is 0.345 e. The van der Waals surface area contributed by atoms with E-state index in [0.29, 0.717) is 6.54 Å². The summed E-state index contributed by atoms with van der Waals surface area (Å²) in [6.07, 6.45) is 0. The van der Waals surface area contributed by atoms with E-state index in [0.717, 1.165) is 17.1 Å². The number of benzene rings is 1. The van der Waals surface area contributed by atoms with Crippen LogP contribution in [0.15, 0.2) is 36.4 Å². The molecule has 0 atom stereocenters. The van der Waals surface area contributed by atoms with E-state index >= 15 is 0 Å². The summed E-state index contributed by atoms with van der Waals surface area (Å²) >= 11 is 0. The lowest BCUT2D eigenvalue weighted by Crippen LogP contribution is -2.28. The predicted molar refractivity (Wildman–Crippen MR) is 73.6 cm³/mol. The number of hydrogen-bond donors (Lipinski definition) is 1. The van der Waals surface area contributed by atoms with Crippen molar-refractivity contribution < 1.29 is 4.79 Å². The molecule has 0 saturated carbocycles. The average molecular weight is 242 g/mol. The van der Waals surface area contributed by atoms with E-state index in [4.69, 9.17) is 0 Å². The molecule has 0 unspecified atom stereocenters. The number of hydrogen-bond acceptors (Lipinski definition) is 1. The molecule has 0 bridgehead atoms. The van der Waals surface area contributed by atoms with Gasteiger partial charge in [-0.05, 0) is 31.0 Å². The highest BCUT2D eigenvalue weighted by atomic mass is 16.2. The Kier molecular flexibility index (Phi) is 3.51. The second-order valence-electron chi connectivity index (χ2n) is 4.55. The van der Waals surface area contributed by atoms with Gasteiger partial charge in [0.2, 0.25) is 5.91 Å². The van der Waals surface area contributed by atoms with Crippen LogP contribution in [-0.4, -0.2) is 10.9 Å². The molecule has 0 spiro atoms. The molecule has 0 aliphatic heterocycles. The fraction of sp³-hybridized carbons (Fsp3) is 0.267. The molecule has 0 saturated heterocycles. The minimum Gasteiger partial charge on any atom is -0.345 e. The summed E-state index contributed by atoms with van der Waals surface area (Å²) in [4.78, 5) is 16.8. The molecule has 18 heavy (non-hydrogen) atoms. The summed E-state index contributed by atoms with van der Waals surface area (Å²) in [5, 5.41) is 0. The first-order valence-corrected chi connectivity index (χ1v) is 6.06. The van der Waals surface area contributed by atoms with E-state index in [2.05, 4.69) is 4.98 Å². The van der Waals surface area contributed by atoms with Crippen LogP contribution in [0.25, 0.3) is 0 Å². The van der Waals surface area contributed by atoms with Gasteiger partial charge in [-0.1, -0.05) is 30.3 Å². The van der Waals surface area contributed by atoms with Crippen LogP contribution >= 0.6 is 0 Å². The Hall–Kier alpha value is -2.03. The SMILES string of the molecule is CC(=O)N(Cc1ccccc1)c1cc(C)c(C)[nH]1. The molecule has 0 aliphatic carbocycles. The van der Waals surface area contributed by atoms with Crippen molar-refractivity contribution in [3.63, 3.8) is 0 Å². The summed E-state index contributed by atoms with van der Waals surface area (Å²) < 4.78 is 0. The number of carbonyl (C=O) groups is 1. The molecule has 1 amide bonds. The van der Waals surface area contributed by atoms with Crippen LogP contribution < -0.4 is 4.90 Å². The third-order valence-corrected chi connectivity index (χ3v) is 3.11. The Morgan fingerprint density at radius 3 is 2.39 bits per heavy atom. The van der Waals surface area contributed by atoms with Crippen molar-refractivity contribution >= 4 is 11.7 Å². The molecule has 0 radical (unpaired) electrons. The van der Waals surface area contributed by atoms with Gasteiger partial charge < -0.3 is 4.98 Å². The molecule has 94 valence electrons. The molecule has 3 heteroatoms. The molecule has 0 aliphatic rings. The van der Waals surface area contributed by atoms with Crippen molar-refractivity contribution in [3.05, 3.63) is 53.2 Å². The van der Waals surface area contributed by atoms with Crippen molar-refractivity contribution in [1.82, 2.24) is 4.98 Å². The predicted octanol–water partition coefficient (Wildman–Crippen LogP) is 3.18. The normalized spacial score (nSPS) is 10.4. The quantitative estimate of drug-likeness (QED) is 0.881. The molecule has 2 aromatic rings. The maximum Gasteiger partial charge on any atom is 0.225 e. The van der Waals surface area contributed by atoms with E-state index in [-0.39, 0.29) is 5.91 Å². The number of aromatic amines is 1. The molecular formula is C15H18N2O. The van der Waals surface area contributed by atoms with E-state index in [9.17, 15) is 4.79 Å².